The number of nitrogens with zero attached hydrogens (tertiary/aromatic N) is 1. The second-order valence-electron chi connectivity index (χ2n) is 5.93. The Labute approximate surface area is 151 Å². The van der Waals surface area contributed by atoms with E-state index in [-0.39, 0.29) is 17.8 Å². The summed E-state index contributed by atoms with van der Waals surface area (Å²) in [6.45, 7) is 0.718. The first kappa shape index (κ1) is 17.5. The molecule has 2 aromatic rings. The molecule has 0 aromatic heterocycles. The zero-order chi connectivity index (χ0) is 18.5. The van der Waals surface area contributed by atoms with Crippen molar-refractivity contribution in [3.63, 3.8) is 0 Å². The van der Waals surface area contributed by atoms with Crippen molar-refractivity contribution in [2.75, 3.05) is 29.1 Å². The molecule has 1 saturated heterocycles. The number of hydrogen-bond acceptors (Lipinski definition) is 3. The summed E-state index contributed by atoms with van der Waals surface area (Å²) < 4.78 is 0. The highest BCUT2D eigenvalue weighted by atomic mass is 16.2. The maximum atomic E-state index is 12.4. The van der Waals surface area contributed by atoms with Crippen LogP contribution in [-0.4, -0.2) is 31.4 Å². The van der Waals surface area contributed by atoms with Crippen LogP contribution in [0.1, 0.15) is 23.2 Å². The molecule has 4 amide bonds. The van der Waals surface area contributed by atoms with Gasteiger partial charge >= 0.3 is 6.03 Å². The summed E-state index contributed by atoms with van der Waals surface area (Å²) in [6.07, 6.45) is 1.43. The minimum atomic E-state index is -0.333. The molecule has 7 nitrogen and oxygen atoms in total. The number of carbonyl (C=O) groups excluding carboxylic acids is 3. The molecule has 0 radical (unpaired) electrons. The molecular formula is C19H20N4O3. The summed E-state index contributed by atoms with van der Waals surface area (Å²) in [5, 5.41) is 7.91. The molecule has 134 valence electrons. The van der Waals surface area contributed by atoms with Crippen LogP contribution in [0.3, 0.4) is 0 Å². The molecule has 0 atom stereocenters. The van der Waals surface area contributed by atoms with Crippen molar-refractivity contribution in [2.45, 2.75) is 12.8 Å². The average Bonchev–Trinajstić information content (AvgIpc) is 3.08. The summed E-state index contributed by atoms with van der Waals surface area (Å²) >= 11 is 0. The number of urea groups is 1. The summed E-state index contributed by atoms with van der Waals surface area (Å²) in [5.74, 6) is -0.149. The van der Waals surface area contributed by atoms with Crippen LogP contribution in [0.4, 0.5) is 21.9 Å². The van der Waals surface area contributed by atoms with Gasteiger partial charge in [-0.15, -0.1) is 0 Å². The first-order valence-electron chi connectivity index (χ1n) is 8.37. The van der Waals surface area contributed by atoms with Crippen molar-refractivity contribution in [1.82, 2.24) is 5.32 Å². The van der Waals surface area contributed by atoms with Gasteiger partial charge in [-0.05, 0) is 48.9 Å². The van der Waals surface area contributed by atoms with Gasteiger partial charge < -0.3 is 20.9 Å². The lowest BCUT2D eigenvalue weighted by molar-refractivity contribution is -0.117. The van der Waals surface area contributed by atoms with Crippen molar-refractivity contribution >= 4 is 34.9 Å². The molecule has 0 saturated carbocycles. The highest BCUT2D eigenvalue weighted by molar-refractivity contribution is 6.05. The molecule has 0 aliphatic carbocycles. The van der Waals surface area contributed by atoms with Gasteiger partial charge in [0.25, 0.3) is 5.91 Å². The Bertz CT molecular complexity index is 833. The fraction of sp³-hybridized carbons (Fsp3) is 0.211. The van der Waals surface area contributed by atoms with Crippen LogP contribution in [-0.2, 0) is 4.79 Å². The van der Waals surface area contributed by atoms with E-state index in [1.165, 1.54) is 7.05 Å². The van der Waals surface area contributed by atoms with E-state index in [0.717, 1.165) is 18.7 Å². The second-order valence-corrected chi connectivity index (χ2v) is 5.93. The molecule has 1 heterocycles. The van der Waals surface area contributed by atoms with E-state index in [4.69, 9.17) is 0 Å². The summed E-state index contributed by atoms with van der Waals surface area (Å²) in [4.78, 5) is 37.3. The zero-order valence-electron chi connectivity index (χ0n) is 14.4. The molecule has 2 aromatic carbocycles. The van der Waals surface area contributed by atoms with E-state index in [0.29, 0.717) is 23.4 Å². The third-order valence-electron chi connectivity index (χ3n) is 4.12. The van der Waals surface area contributed by atoms with Crippen LogP contribution in [0.15, 0.2) is 48.5 Å². The van der Waals surface area contributed by atoms with Crippen LogP contribution in [0.5, 0.6) is 0 Å². The van der Waals surface area contributed by atoms with Crippen molar-refractivity contribution in [3.8, 4) is 0 Å². The van der Waals surface area contributed by atoms with Gasteiger partial charge in [0.2, 0.25) is 5.91 Å². The fourth-order valence-electron chi connectivity index (χ4n) is 2.79. The van der Waals surface area contributed by atoms with Crippen molar-refractivity contribution < 1.29 is 14.4 Å². The Hall–Kier alpha value is -3.35. The number of hydrogen-bond donors (Lipinski definition) is 3. The molecule has 7 heteroatoms. The second kappa shape index (κ2) is 7.69. The summed E-state index contributed by atoms with van der Waals surface area (Å²) in [7, 11) is 1.53. The minimum absolute atomic E-state index is 0.114. The number of anilines is 3. The van der Waals surface area contributed by atoms with Crippen LogP contribution in [0.25, 0.3) is 0 Å². The topological polar surface area (TPSA) is 90.5 Å². The molecule has 26 heavy (non-hydrogen) atoms. The standard InChI is InChI=1S/C19H20N4O3/c1-20-19(26)22-15-5-2-4-14(12-15)21-18(25)13-7-9-16(10-8-13)23-11-3-6-17(23)24/h2,4-5,7-10,12H,3,6,11H2,1H3,(H,21,25)(H2,20,22,26). The number of benzene rings is 2. The highest BCUT2D eigenvalue weighted by Crippen LogP contribution is 2.22. The van der Waals surface area contributed by atoms with E-state index >= 15 is 0 Å². The van der Waals surface area contributed by atoms with Gasteiger partial charge in [0, 0.05) is 42.6 Å². The van der Waals surface area contributed by atoms with Crippen LogP contribution < -0.4 is 20.9 Å². The SMILES string of the molecule is CNC(=O)Nc1cccc(NC(=O)c2ccc(N3CCCC3=O)cc2)c1. The van der Waals surface area contributed by atoms with Crippen molar-refractivity contribution in [2.24, 2.45) is 0 Å². The molecule has 1 aliphatic rings. The highest BCUT2D eigenvalue weighted by Gasteiger charge is 2.21. The van der Waals surface area contributed by atoms with Gasteiger partial charge in [0.15, 0.2) is 0 Å². The molecule has 3 rings (SSSR count). The van der Waals surface area contributed by atoms with Crippen LogP contribution in [0, 0.1) is 0 Å². The lowest BCUT2D eigenvalue weighted by Gasteiger charge is -2.16. The predicted molar refractivity (Wildman–Crippen MR) is 101 cm³/mol. The molecule has 3 N–H and O–H groups in total. The first-order valence-corrected chi connectivity index (χ1v) is 8.37. The normalized spacial score (nSPS) is 13.4. The van der Waals surface area contributed by atoms with Crippen molar-refractivity contribution in [1.29, 1.82) is 0 Å². The number of carbonyl (C=O) groups is 3. The lowest BCUT2D eigenvalue weighted by Crippen LogP contribution is -2.24. The fourth-order valence-corrected chi connectivity index (χ4v) is 2.79. The molecule has 0 spiro atoms. The van der Waals surface area contributed by atoms with E-state index in [2.05, 4.69) is 16.0 Å². The van der Waals surface area contributed by atoms with Crippen LogP contribution in [0.2, 0.25) is 0 Å². The summed E-state index contributed by atoms with van der Waals surface area (Å²) in [6, 6.07) is 13.5. The maximum absolute atomic E-state index is 12.4. The Morgan fingerprint density at radius 1 is 1.00 bits per heavy atom. The zero-order valence-corrected chi connectivity index (χ0v) is 14.4. The van der Waals surface area contributed by atoms with Gasteiger partial charge in [-0.1, -0.05) is 6.07 Å². The minimum Gasteiger partial charge on any atom is -0.341 e. The Kier molecular flexibility index (Phi) is 5.17. The Balaban J connectivity index is 1.67. The van der Waals surface area contributed by atoms with E-state index in [1.54, 1.807) is 53.4 Å². The Morgan fingerprint density at radius 2 is 1.69 bits per heavy atom. The summed E-state index contributed by atoms with van der Waals surface area (Å²) in [5.41, 5.74) is 2.44. The lowest BCUT2D eigenvalue weighted by atomic mass is 10.1. The van der Waals surface area contributed by atoms with E-state index in [1.807, 2.05) is 0 Å². The maximum Gasteiger partial charge on any atom is 0.318 e. The van der Waals surface area contributed by atoms with Crippen LogP contribution >= 0.6 is 0 Å². The molecule has 1 fully saturated rings. The number of amides is 4. The molecular weight excluding hydrogens is 332 g/mol. The van der Waals surface area contributed by atoms with E-state index in [9.17, 15) is 14.4 Å². The van der Waals surface area contributed by atoms with Gasteiger partial charge in [-0.2, -0.15) is 0 Å². The predicted octanol–water partition coefficient (Wildman–Crippen LogP) is 2.82. The largest absolute Gasteiger partial charge is 0.341 e. The quantitative estimate of drug-likeness (QED) is 0.790. The third kappa shape index (κ3) is 4.00. The molecule has 1 aliphatic heterocycles. The first-order chi connectivity index (χ1) is 12.6. The smallest absolute Gasteiger partial charge is 0.318 e. The van der Waals surface area contributed by atoms with Gasteiger partial charge in [-0.3, -0.25) is 9.59 Å². The molecule has 0 bridgehead atoms. The molecule has 0 unspecified atom stereocenters. The average molecular weight is 352 g/mol. The van der Waals surface area contributed by atoms with Gasteiger partial charge in [0.05, 0.1) is 0 Å². The monoisotopic (exact) mass is 352 g/mol. The third-order valence-corrected chi connectivity index (χ3v) is 4.12. The van der Waals surface area contributed by atoms with Gasteiger partial charge in [0.1, 0.15) is 0 Å². The van der Waals surface area contributed by atoms with Gasteiger partial charge in [-0.25, -0.2) is 4.79 Å². The number of nitrogens with one attached hydrogen (secondary N) is 3. The van der Waals surface area contributed by atoms with E-state index < -0.39 is 0 Å². The van der Waals surface area contributed by atoms with Crippen molar-refractivity contribution in [3.05, 3.63) is 54.1 Å². The Morgan fingerprint density at radius 3 is 2.31 bits per heavy atom. The number of rotatable bonds is 4.